The molecule has 1 N–H and O–H groups in total. The molecule has 30 heavy (non-hydrogen) atoms. The smallest absolute Gasteiger partial charge is 0.410 e. The molecule has 2 saturated heterocycles. The number of likely N-dealkylation sites (tertiary alicyclic amines) is 1. The Morgan fingerprint density at radius 2 is 1.93 bits per heavy atom. The molecule has 0 radical (unpaired) electrons. The SMILES string of the molecule is CC(C)(C)OC(=O)N1CC[C@H](c2ccc3c(c2)CN([C@H]2CCC(=O)NC2=O)C3=O)C1. The minimum Gasteiger partial charge on any atom is -0.444 e. The number of carbonyl (C=O) groups is 4. The Morgan fingerprint density at radius 3 is 2.63 bits per heavy atom. The van der Waals surface area contributed by atoms with Crippen molar-refractivity contribution in [3.8, 4) is 0 Å². The molecule has 4 amide bonds. The van der Waals surface area contributed by atoms with E-state index in [1.165, 1.54) is 0 Å². The zero-order valence-electron chi connectivity index (χ0n) is 17.6. The Labute approximate surface area is 175 Å². The Hall–Kier alpha value is -2.90. The lowest BCUT2D eigenvalue weighted by Crippen LogP contribution is -2.52. The lowest BCUT2D eigenvalue weighted by atomic mass is 9.95. The summed E-state index contributed by atoms with van der Waals surface area (Å²) in [5.74, 6) is -0.690. The molecule has 0 saturated carbocycles. The second kappa shape index (κ2) is 7.41. The van der Waals surface area contributed by atoms with Crippen molar-refractivity contribution in [3.05, 3.63) is 34.9 Å². The van der Waals surface area contributed by atoms with Gasteiger partial charge in [-0.15, -0.1) is 0 Å². The maximum Gasteiger partial charge on any atom is 0.410 e. The lowest BCUT2D eigenvalue weighted by molar-refractivity contribution is -0.136. The molecule has 3 heterocycles. The van der Waals surface area contributed by atoms with Crippen molar-refractivity contribution >= 4 is 23.8 Å². The summed E-state index contributed by atoms with van der Waals surface area (Å²) in [6.07, 6.45) is 1.13. The minimum atomic E-state index is -0.611. The van der Waals surface area contributed by atoms with Crippen LogP contribution in [0.2, 0.25) is 0 Å². The molecular weight excluding hydrogens is 386 g/mol. The number of benzene rings is 1. The van der Waals surface area contributed by atoms with Gasteiger partial charge in [0.05, 0.1) is 0 Å². The number of amides is 4. The Morgan fingerprint density at radius 1 is 1.17 bits per heavy atom. The van der Waals surface area contributed by atoms with Crippen molar-refractivity contribution in [2.24, 2.45) is 0 Å². The highest BCUT2D eigenvalue weighted by Crippen LogP contribution is 2.33. The van der Waals surface area contributed by atoms with Crippen LogP contribution in [0.25, 0.3) is 0 Å². The van der Waals surface area contributed by atoms with E-state index in [4.69, 9.17) is 4.74 Å². The molecule has 0 spiro atoms. The summed E-state index contributed by atoms with van der Waals surface area (Å²) in [6.45, 7) is 7.13. The zero-order chi connectivity index (χ0) is 21.6. The average molecular weight is 413 g/mol. The molecule has 4 rings (SSSR count). The molecule has 2 atom stereocenters. The van der Waals surface area contributed by atoms with Gasteiger partial charge in [0, 0.05) is 37.5 Å². The largest absolute Gasteiger partial charge is 0.444 e. The molecule has 8 nitrogen and oxygen atoms in total. The van der Waals surface area contributed by atoms with E-state index in [1.807, 2.05) is 39.0 Å². The molecule has 160 valence electrons. The predicted molar refractivity (Wildman–Crippen MR) is 108 cm³/mol. The molecule has 0 aliphatic carbocycles. The van der Waals surface area contributed by atoms with E-state index in [0.717, 1.165) is 17.5 Å². The van der Waals surface area contributed by atoms with Crippen LogP contribution in [0, 0.1) is 0 Å². The summed E-state index contributed by atoms with van der Waals surface area (Å²) < 4.78 is 5.47. The van der Waals surface area contributed by atoms with E-state index >= 15 is 0 Å². The number of imide groups is 1. The van der Waals surface area contributed by atoms with Crippen molar-refractivity contribution in [1.82, 2.24) is 15.1 Å². The summed E-state index contributed by atoms with van der Waals surface area (Å²) in [6, 6.07) is 5.16. The number of hydrogen-bond donors (Lipinski definition) is 1. The fourth-order valence-corrected chi connectivity index (χ4v) is 4.37. The van der Waals surface area contributed by atoms with Gasteiger partial charge in [-0.3, -0.25) is 19.7 Å². The maximum absolute atomic E-state index is 12.8. The van der Waals surface area contributed by atoms with Crippen LogP contribution in [0.15, 0.2) is 18.2 Å². The molecular formula is C22H27N3O5. The number of carbonyl (C=O) groups excluding carboxylic acids is 4. The second-order valence-corrected chi connectivity index (χ2v) is 9.23. The zero-order valence-corrected chi connectivity index (χ0v) is 17.6. The van der Waals surface area contributed by atoms with Crippen molar-refractivity contribution in [2.75, 3.05) is 13.1 Å². The van der Waals surface area contributed by atoms with Gasteiger partial charge in [0.15, 0.2) is 0 Å². The van der Waals surface area contributed by atoms with Crippen molar-refractivity contribution in [1.29, 1.82) is 0 Å². The Balaban J connectivity index is 1.45. The van der Waals surface area contributed by atoms with Crippen LogP contribution >= 0.6 is 0 Å². The van der Waals surface area contributed by atoms with Crippen LogP contribution in [-0.2, 0) is 20.9 Å². The van der Waals surface area contributed by atoms with Gasteiger partial charge in [-0.2, -0.15) is 0 Å². The second-order valence-electron chi connectivity index (χ2n) is 9.23. The summed E-state index contributed by atoms with van der Waals surface area (Å²) in [7, 11) is 0. The number of hydrogen-bond acceptors (Lipinski definition) is 5. The average Bonchev–Trinajstić information content (AvgIpc) is 3.26. The number of ether oxygens (including phenoxy) is 1. The topological polar surface area (TPSA) is 96.0 Å². The molecule has 1 aromatic rings. The maximum atomic E-state index is 12.8. The van der Waals surface area contributed by atoms with Crippen molar-refractivity contribution < 1.29 is 23.9 Å². The monoisotopic (exact) mass is 413 g/mol. The molecule has 0 bridgehead atoms. The first-order valence-electron chi connectivity index (χ1n) is 10.4. The van der Waals surface area contributed by atoms with Crippen molar-refractivity contribution in [3.63, 3.8) is 0 Å². The minimum absolute atomic E-state index is 0.173. The van der Waals surface area contributed by atoms with Crippen LogP contribution in [0.1, 0.15) is 67.4 Å². The third-order valence-electron chi connectivity index (χ3n) is 5.86. The van der Waals surface area contributed by atoms with Crippen LogP contribution < -0.4 is 5.32 Å². The molecule has 3 aliphatic heterocycles. The highest BCUT2D eigenvalue weighted by atomic mass is 16.6. The summed E-state index contributed by atoms with van der Waals surface area (Å²) in [4.78, 5) is 52.0. The highest BCUT2D eigenvalue weighted by molar-refractivity contribution is 6.05. The van der Waals surface area contributed by atoms with Gasteiger partial charge >= 0.3 is 6.09 Å². The van der Waals surface area contributed by atoms with E-state index < -0.39 is 17.6 Å². The predicted octanol–water partition coefficient (Wildman–Crippen LogP) is 2.17. The van der Waals surface area contributed by atoms with Gasteiger partial charge in [-0.05, 0) is 50.8 Å². The standard InChI is InChI=1S/C22H27N3O5/c1-22(2,3)30-21(29)24-9-8-14(11-24)13-4-5-16-15(10-13)12-25(20(16)28)17-6-7-18(26)23-19(17)27/h4-5,10,14,17H,6-9,11-12H2,1-3H3,(H,23,26,27)/t14-,17-/m0/s1. The molecule has 1 aromatic carbocycles. The summed E-state index contributed by atoms with van der Waals surface area (Å²) >= 11 is 0. The van der Waals surface area contributed by atoms with Gasteiger partial charge in [0.25, 0.3) is 5.91 Å². The van der Waals surface area contributed by atoms with E-state index in [0.29, 0.717) is 31.6 Å². The first-order chi connectivity index (χ1) is 14.1. The summed E-state index contributed by atoms with van der Waals surface area (Å²) in [5, 5.41) is 2.32. The van der Waals surface area contributed by atoms with Gasteiger partial charge in [-0.25, -0.2) is 4.79 Å². The quantitative estimate of drug-likeness (QED) is 0.750. The van der Waals surface area contributed by atoms with Gasteiger partial charge < -0.3 is 14.5 Å². The fraction of sp³-hybridized carbons (Fsp3) is 0.545. The molecule has 3 aliphatic rings. The van der Waals surface area contributed by atoms with Crippen LogP contribution in [0.4, 0.5) is 4.79 Å². The fourth-order valence-electron chi connectivity index (χ4n) is 4.37. The number of nitrogens with zero attached hydrogens (tertiary/aromatic N) is 2. The first kappa shape index (κ1) is 20.4. The number of rotatable bonds is 2. The van der Waals surface area contributed by atoms with E-state index in [1.54, 1.807) is 9.80 Å². The van der Waals surface area contributed by atoms with Gasteiger partial charge in [0.2, 0.25) is 11.8 Å². The van der Waals surface area contributed by atoms with Gasteiger partial charge in [0.1, 0.15) is 11.6 Å². The number of fused-ring (bicyclic) bond motifs is 1. The molecule has 2 fully saturated rings. The summed E-state index contributed by atoms with van der Waals surface area (Å²) in [5.41, 5.74) is 2.05. The third kappa shape index (κ3) is 3.91. The van der Waals surface area contributed by atoms with Crippen LogP contribution in [0.5, 0.6) is 0 Å². The molecule has 8 heteroatoms. The first-order valence-corrected chi connectivity index (χ1v) is 10.4. The molecule has 0 aromatic heterocycles. The van der Waals surface area contributed by atoms with Crippen LogP contribution in [-0.4, -0.2) is 58.3 Å². The third-order valence-corrected chi connectivity index (χ3v) is 5.86. The van der Waals surface area contributed by atoms with E-state index in [2.05, 4.69) is 5.32 Å². The molecule has 0 unspecified atom stereocenters. The lowest BCUT2D eigenvalue weighted by Gasteiger charge is -2.29. The van der Waals surface area contributed by atoms with E-state index in [-0.39, 0.29) is 30.2 Å². The highest BCUT2D eigenvalue weighted by Gasteiger charge is 2.39. The van der Waals surface area contributed by atoms with E-state index in [9.17, 15) is 19.2 Å². The van der Waals surface area contributed by atoms with Crippen molar-refractivity contribution in [2.45, 2.75) is 64.1 Å². The Kier molecular flexibility index (Phi) is 5.03. The van der Waals surface area contributed by atoms with Gasteiger partial charge in [-0.1, -0.05) is 12.1 Å². The number of piperidine rings is 1. The number of nitrogens with one attached hydrogen (secondary N) is 1. The Bertz CT molecular complexity index is 920. The normalized spacial score (nSPS) is 24.2. The van der Waals surface area contributed by atoms with Crippen LogP contribution in [0.3, 0.4) is 0 Å².